The summed E-state index contributed by atoms with van der Waals surface area (Å²) in [4.78, 5) is 14.2. The summed E-state index contributed by atoms with van der Waals surface area (Å²) < 4.78 is 13.6. The average molecular weight is 351 g/mol. The Morgan fingerprint density at radius 1 is 0.962 bits per heavy atom. The SMILES string of the molecule is CN(C)c1ccc(NC(=O)c2ccc(Nc3ccccc3F)nn2)cc1. The Hall–Kier alpha value is -3.48. The molecule has 3 aromatic rings. The van der Waals surface area contributed by atoms with E-state index in [1.807, 2.05) is 43.3 Å². The molecule has 0 unspecified atom stereocenters. The molecule has 2 aromatic carbocycles. The van der Waals surface area contributed by atoms with Gasteiger partial charge >= 0.3 is 0 Å². The van der Waals surface area contributed by atoms with Gasteiger partial charge in [0.1, 0.15) is 5.82 Å². The van der Waals surface area contributed by atoms with Gasteiger partial charge in [-0.05, 0) is 48.5 Å². The number of anilines is 4. The maximum absolute atomic E-state index is 13.6. The van der Waals surface area contributed by atoms with Crippen LogP contribution in [0.25, 0.3) is 0 Å². The van der Waals surface area contributed by atoms with Gasteiger partial charge in [-0.15, -0.1) is 10.2 Å². The van der Waals surface area contributed by atoms with E-state index in [0.717, 1.165) is 5.69 Å². The Morgan fingerprint density at radius 2 is 1.69 bits per heavy atom. The third kappa shape index (κ3) is 4.13. The Bertz CT molecular complexity index is 895. The second kappa shape index (κ2) is 7.60. The van der Waals surface area contributed by atoms with Crippen LogP contribution in [0.3, 0.4) is 0 Å². The van der Waals surface area contributed by atoms with Crippen LogP contribution >= 0.6 is 0 Å². The molecule has 0 radical (unpaired) electrons. The molecule has 1 aromatic heterocycles. The van der Waals surface area contributed by atoms with E-state index in [2.05, 4.69) is 20.8 Å². The van der Waals surface area contributed by atoms with Crippen LogP contribution in [-0.2, 0) is 0 Å². The standard InChI is InChI=1S/C19H18FN5O/c1-25(2)14-9-7-13(8-10-14)21-19(26)17-11-12-18(24-23-17)22-16-6-4-3-5-15(16)20/h3-12H,1-2H3,(H,21,26)(H,22,24). The summed E-state index contributed by atoms with van der Waals surface area (Å²) in [6, 6.07) is 16.8. The topological polar surface area (TPSA) is 70.2 Å². The fraction of sp³-hybridized carbons (Fsp3) is 0.105. The molecule has 7 heteroatoms. The molecule has 0 atom stereocenters. The van der Waals surface area contributed by atoms with E-state index in [9.17, 15) is 9.18 Å². The number of aromatic nitrogens is 2. The molecule has 3 rings (SSSR count). The van der Waals surface area contributed by atoms with Crippen LogP contribution in [-0.4, -0.2) is 30.2 Å². The fourth-order valence-electron chi connectivity index (χ4n) is 2.26. The van der Waals surface area contributed by atoms with E-state index in [1.165, 1.54) is 12.1 Å². The van der Waals surface area contributed by atoms with E-state index in [1.54, 1.807) is 24.3 Å². The van der Waals surface area contributed by atoms with Crippen LogP contribution in [0.4, 0.5) is 27.3 Å². The molecule has 0 saturated heterocycles. The molecular formula is C19H18FN5O. The lowest BCUT2D eigenvalue weighted by Crippen LogP contribution is -2.15. The zero-order chi connectivity index (χ0) is 18.5. The van der Waals surface area contributed by atoms with Crippen molar-refractivity contribution in [1.82, 2.24) is 10.2 Å². The number of benzene rings is 2. The predicted octanol–water partition coefficient (Wildman–Crippen LogP) is 3.68. The molecule has 0 aliphatic heterocycles. The largest absolute Gasteiger partial charge is 0.378 e. The first-order valence-electron chi connectivity index (χ1n) is 7.97. The molecule has 0 saturated carbocycles. The van der Waals surface area contributed by atoms with Gasteiger partial charge in [-0.1, -0.05) is 12.1 Å². The highest BCUT2D eigenvalue weighted by atomic mass is 19.1. The van der Waals surface area contributed by atoms with E-state index in [0.29, 0.717) is 17.2 Å². The summed E-state index contributed by atoms with van der Waals surface area (Å²) in [5.74, 6) is -0.410. The molecule has 0 fully saturated rings. The van der Waals surface area contributed by atoms with E-state index in [4.69, 9.17) is 0 Å². The maximum atomic E-state index is 13.6. The van der Waals surface area contributed by atoms with Crippen LogP contribution < -0.4 is 15.5 Å². The van der Waals surface area contributed by atoms with E-state index >= 15 is 0 Å². The first-order chi connectivity index (χ1) is 12.5. The van der Waals surface area contributed by atoms with Crippen molar-refractivity contribution in [2.75, 3.05) is 29.6 Å². The lowest BCUT2D eigenvalue weighted by atomic mass is 10.2. The number of nitrogens with zero attached hydrogens (tertiary/aromatic N) is 3. The van der Waals surface area contributed by atoms with Gasteiger partial charge in [-0.25, -0.2) is 4.39 Å². The number of hydrogen-bond donors (Lipinski definition) is 2. The minimum atomic E-state index is -0.391. The zero-order valence-electron chi connectivity index (χ0n) is 14.4. The highest BCUT2D eigenvalue weighted by Crippen LogP contribution is 2.18. The van der Waals surface area contributed by atoms with Crippen molar-refractivity contribution < 1.29 is 9.18 Å². The maximum Gasteiger partial charge on any atom is 0.276 e. The zero-order valence-corrected chi connectivity index (χ0v) is 14.4. The number of nitrogens with one attached hydrogen (secondary N) is 2. The first kappa shape index (κ1) is 17.3. The van der Waals surface area contributed by atoms with E-state index < -0.39 is 5.82 Å². The van der Waals surface area contributed by atoms with Gasteiger partial charge in [0, 0.05) is 25.5 Å². The van der Waals surface area contributed by atoms with Gasteiger partial charge < -0.3 is 15.5 Å². The first-order valence-corrected chi connectivity index (χ1v) is 7.97. The Labute approximate surface area is 150 Å². The summed E-state index contributed by atoms with van der Waals surface area (Å²) in [7, 11) is 3.89. The lowest BCUT2D eigenvalue weighted by molar-refractivity contribution is 0.102. The van der Waals surface area contributed by atoms with Crippen LogP contribution in [0.5, 0.6) is 0 Å². The van der Waals surface area contributed by atoms with Crippen molar-refractivity contribution in [3.05, 3.63) is 72.2 Å². The molecule has 26 heavy (non-hydrogen) atoms. The summed E-state index contributed by atoms with van der Waals surface area (Å²) in [6.45, 7) is 0. The van der Waals surface area contributed by atoms with Crippen molar-refractivity contribution in [1.29, 1.82) is 0 Å². The molecule has 1 amide bonds. The second-order valence-electron chi connectivity index (χ2n) is 5.80. The number of amides is 1. The second-order valence-corrected chi connectivity index (χ2v) is 5.80. The minimum absolute atomic E-state index is 0.167. The molecule has 0 aliphatic rings. The van der Waals surface area contributed by atoms with Gasteiger partial charge in [0.25, 0.3) is 5.91 Å². The molecule has 1 heterocycles. The van der Waals surface area contributed by atoms with Gasteiger partial charge in [-0.2, -0.15) is 0 Å². The highest BCUT2D eigenvalue weighted by molar-refractivity contribution is 6.02. The van der Waals surface area contributed by atoms with Crippen molar-refractivity contribution in [3.63, 3.8) is 0 Å². The summed E-state index contributed by atoms with van der Waals surface area (Å²) in [6.07, 6.45) is 0. The minimum Gasteiger partial charge on any atom is -0.378 e. The number of carbonyl (C=O) groups excluding carboxylic acids is 1. The van der Waals surface area contributed by atoms with Crippen molar-refractivity contribution >= 4 is 28.8 Å². The molecule has 2 N–H and O–H groups in total. The van der Waals surface area contributed by atoms with Gasteiger partial charge in [0.05, 0.1) is 5.69 Å². The third-order valence-electron chi connectivity index (χ3n) is 3.68. The van der Waals surface area contributed by atoms with Gasteiger partial charge in [-0.3, -0.25) is 4.79 Å². The Morgan fingerprint density at radius 3 is 2.31 bits per heavy atom. The molecule has 0 aliphatic carbocycles. The monoisotopic (exact) mass is 351 g/mol. The smallest absolute Gasteiger partial charge is 0.276 e. The third-order valence-corrected chi connectivity index (χ3v) is 3.68. The van der Waals surface area contributed by atoms with Crippen molar-refractivity contribution in [2.24, 2.45) is 0 Å². The molecule has 0 bridgehead atoms. The predicted molar refractivity (Wildman–Crippen MR) is 100 cm³/mol. The molecule has 6 nitrogen and oxygen atoms in total. The van der Waals surface area contributed by atoms with Crippen molar-refractivity contribution in [2.45, 2.75) is 0 Å². The normalized spacial score (nSPS) is 10.3. The van der Waals surface area contributed by atoms with Crippen LogP contribution in [0.1, 0.15) is 10.5 Å². The summed E-state index contributed by atoms with van der Waals surface area (Å²) in [5, 5.41) is 13.4. The summed E-state index contributed by atoms with van der Waals surface area (Å²) in [5.41, 5.74) is 2.16. The number of rotatable bonds is 5. The average Bonchev–Trinajstić information content (AvgIpc) is 2.64. The van der Waals surface area contributed by atoms with Crippen LogP contribution in [0.2, 0.25) is 0 Å². The lowest BCUT2D eigenvalue weighted by Gasteiger charge is -2.13. The fourth-order valence-corrected chi connectivity index (χ4v) is 2.26. The number of para-hydroxylation sites is 1. The molecule has 0 spiro atoms. The quantitative estimate of drug-likeness (QED) is 0.734. The van der Waals surface area contributed by atoms with Gasteiger partial charge in [0.2, 0.25) is 0 Å². The van der Waals surface area contributed by atoms with Crippen LogP contribution in [0, 0.1) is 5.82 Å². The van der Waals surface area contributed by atoms with Gasteiger partial charge in [0.15, 0.2) is 11.5 Å². The number of carbonyl (C=O) groups is 1. The summed E-state index contributed by atoms with van der Waals surface area (Å²) >= 11 is 0. The molecule has 132 valence electrons. The number of halogens is 1. The van der Waals surface area contributed by atoms with E-state index in [-0.39, 0.29) is 11.6 Å². The van der Waals surface area contributed by atoms with Crippen molar-refractivity contribution in [3.8, 4) is 0 Å². The molecular weight excluding hydrogens is 333 g/mol. The Balaban J connectivity index is 1.66. The number of hydrogen-bond acceptors (Lipinski definition) is 5. The van der Waals surface area contributed by atoms with Crippen LogP contribution in [0.15, 0.2) is 60.7 Å². The highest BCUT2D eigenvalue weighted by Gasteiger charge is 2.10. The Kier molecular flexibility index (Phi) is 5.07.